The third kappa shape index (κ3) is 4.61. The number of halogens is 1. The highest BCUT2D eigenvalue weighted by molar-refractivity contribution is 9.10. The number of hydrogen-bond donors (Lipinski definition) is 0. The normalized spacial score (nSPS) is 11.0. The van der Waals surface area contributed by atoms with Crippen molar-refractivity contribution in [3.8, 4) is 11.5 Å². The Morgan fingerprint density at radius 2 is 2.04 bits per heavy atom. The molecule has 0 unspecified atom stereocenters. The maximum Gasteiger partial charge on any atom is 0.247 e. The van der Waals surface area contributed by atoms with Crippen molar-refractivity contribution in [2.45, 2.75) is 23.9 Å². The second-order valence-electron chi connectivity index (χ2n) is 5.68. The SMILES string of the molecule is Brc1cccc(-c2nnc(CSc3nncn3CCc3ccccn3)o2)c1. The molecule has 0 aliphatic carbocycles. The Bertz CT molecular complexity index is 1020. The smallest absolute Gasteiger partial charge is 0.247 e. The van der Waals surface area contributed by atoms with E-state index in [-0.39, 0.29) is 0 Å². The number of nitrogens with zero attached hydrogens (tertiary/aromatic N) is 6. The fourth-order valence-corrected chi connectivity index (χ4v) is 3.64. The summed E-state index contributed by atoms with van der Waals surface area (Å²) in [4.78, 5) is 4.34. The van der Waals surface area contributed by atoms with E-state index in [1.54, 1.807) is 12.5 Å². The largest absolute Gasteiger partial charge is 0.420 e. The van der Waals surface area contributed by atoms with Gasteiger partial charge in [0.05, 0.1) is 5.75 Å². The van der Waals surface area contributed by atoms with Crippen LogP contribution < -0.4 is 0 Å². The summed E-state index contributed by atoms with van der Waals surface area (Å²) in [5, 5.41) is 17.3. The van der Waals surface area contributed by atoms with E-state index >= 15 is 0 Å². The zero-order valence-electron chi connectivity index (χ0n) is 14.2. The molecule has 9 heteroatoms. The van der Waals surface area contributed by atoms with Gasteiger partial charge in [0.1, 0.15) is 6.33 Å². The number of aryl methyl sites for hydroxylation is 2. The van der Waals surface area contributed by atoms with Crippen molar-refractivity contribution in [1.82, 2.24) is 29.9 Å². The fraction of sp³-hybridized carbons (Fsp3) is 0.167. The first-order valence-electron chi connectivity index (χ1n) is 8.27. The van der Waals surface area contributed by atoms with Crippen LogP contribution in [0.2, 0.25) is 0 Å². The molecule has 0 saturated heterocycles. The van der Waals surface area contributed by atoms with Gasteiger partial charge in [-0.2, -0.15) is 0 Å². The van der Waals surface area contributed by atoms with Gasteiger partial charge in [-0.1, -0.05) is 39.8 Å². The highest BCUT2D eigenvalue weighted by Crippen LogP contribution is 2.25. The van der Waals surface area contributed by atoms with E-state index in [4.69, 9.17) is 4.42 Å². The van der Waals surface area contributed by atoms with Crippen molar-refractivity contribution < 1.29 is 4.42 Å². The van der Waals surface area contributed by atoms with Crippen LogP contribution in [0.3, 0.4) is 0 Å². The third-order valence-corrected chi connectivity index (χ3v) is 5.24. The molecule has 0 N–H and O–H groups in total. The molecule has 0 spiro atoms. The molecule has 27 heavy (non-hydrogen) atoms. The van der Waals surface area contributed by atoms with Gasteiger partial charge >= 0.3 is 0 Å². The maximum absolute atomic E-state index is 5.76. The van der Waals surface area contributed by atoms with Crippen molar-refractivity contribution in [1.29, 1.82) is 0 Å². The van der Waals surface area contributed by atoms with Crippen LogP contribution in [0.4, 0.5) is 0 Å². The highest BCUT2D eigenvalue weighted by atomic mass is 79.9. The molecule has 0 aliphatic heterocycles. The minimum atomic E-state index is 0.503. The van der Waals surface area contributed by atoms with Crippen LogP contribution in [0.25, 0.3) is 11.5 Å². The Morgan fingerprint density at radius 3 is 2.89 bits per heavy atom. The van der Waals surface area contributed by atoms with Crippen LogP contribution in [0.15, 0.2) is 69.0 Å². The Labute approximate surface area is 168 Å². The number of hydrogen-bond acceptors (Lipinski definition) is 7. The van der Waals surface area contributed by atoms with Crippen LogP contribution in [0.1, 0.15) is 11.6 Å². The molecule has 4 aromatic rings. The predicted octanol–water partition coefficient (Wildman–Crippen LogP) is 4.02. The summed E-state index contributed by atoms with van der Waals surface area (Å²) in [5.74, 6) is 1.58. The minimum Gasteiger partial charge on any atom is -0.420 e. The van der Waals surface area contributed by atoms with Crippen LogP contribution in [0.5, 0.6) is 0 Å². The molecule has 0 amide bonds. The molecule has 136 valence electrons. The Hall–Kier alpha value is -2.52. The van der Waals surface area contributed by atoms with E-state index in [9.17, 15) is 0 Å². The lowest BCUT2D eigenvalue weighted by Gasteiger charge is -2.04. The van der Waals surface area contributed by atoms with Crippen LogP contribution in [-0.4, -0.2) is 29.9 Å². The molecular weight excluding hydrogens is 428 g/mol. The third-order valence-electron chi connectivity index (χ3n) is 3.78. The first-order valence-corrected chi connectivity index (χ1v) is 10.0. The van der Waals surface area contributed by atoms with Crippen molar-refractivity contribution in [2.24, 2.45) is 0 Å². The van der Waals surface area contributed by atoms with Gasteiger partial charge < -0.3 is 8.98 Å². The summed E-state index contributed by atoms with van der Waals surface area (Å²) in [6.45, 7) is 0.763. The average Bonchev–Trinajstić information content (AvgIpc) is 3.35. The molecule has 7 nitrogen and oxygen atoms in total. The topological polar surface area (TPSA) is 82.5 Å². The van der Waals surface area contributed by atoms with Gasteiger partial charge in [-0.05, 0) is 30.3 Å². The van der Waals surface area contributed by atoms with Crippen molar-refractivity contribution in [3.05, 3.63) is 71.0 Å². The lowest BCUT2D eigenvalue weighted by atomic mass is 10.2. The Balaban J connectivity index is 1.38. The molecule has 0 saturated carbocycles. The van der Waals surface area contributed by atoms with Gasteiger partial charge in [-0.15, -0.1) is 20.4 Å². The summed E-state index contributed by atoms with van der Waals surface area (Å²) in [6, 6.07) is 13.7. The first-order chi connectivity index (χ1) is 13.3. The van der Waals surface area contributed by atoms with E-state index in [1.807, 2.05) is 47.0 Å². The molecule has 0 aliphatic rings. The zero-order chi connectivity index (χ0) is 18.5. The molecule has 0 atom stereocenters. The van der Waals surface area contributed by atoms with E-state index in [2.05, 4.69) is 41.3 Å². The summed E-state index contributed by atoms with van der Waals surface area (Å²) in [5.41, 5.74) is 1.92. The number of pyridine rings is 1. The number of thioether (sulfide) groups is 1. The van der Waals surface area contributed by atoms with E-state index in [0.717, 1.165) is 33.9 Å². The second kappa shape index (κ2) is 8.45. The van der Waals surface area contributed by atoms with Crippen LogP contribution in [-0.2, 0) is 18.7 Å². The molecule has 0 fully saturated rings. The van der Waals surface area contributed by atoms with Crippen LogP contribution in [0, 0.1) is 0 Å². The Morgan fingerprint density at radius 1 is 1.07 bits per heavy atom. The number of aromatic nitrogens is 6. The monoisotopic (exact) mass is 442 g/mol. The van der Waals surface area contributed by atoms with Gasteiger partial charge in [0.25, 0.3) is 0 Å². The molecule has 1 aromatic carbocycles. The van der Waals surface area contributed by atoms with Crippen LogP contribution >= 0.6 is 27.7 Å². The highest BCUT2D eigenvalue weighted by Gasteiger charge is 2.12. The predicted molar refractivity (Wildman–Crippen MR) is 105 cm³/mol. The summed E-state index contributed by atoms with van der Waals surface area (Å²) >= 11 is 4.96. The van der Waals surface area contributed by atoms with Crippen molar-refractivity contribution in [3.63, 3.8) is 0 Å². The fourth-order valence-electron chi connectivity index (χ4n) is 2.47. The molecule has 3 aromatic heterocycles. The standard InChI is InChI=1S/C18H15BrN6OS/c19-14-5-3-4-13(10-14)17-23-22-16(26-17)11-27-18-24-21-12-25(18)9-7-15-6-1-2-8-20-15/h1-6,8,10,12H,7,9,11H2. The number of rotatable bonds is 7. The molecular formula is C18H15BrN6OS. The maximum atomic E-state index is 5.76. The lowest BCUT2D eigenvalue weighted by molar-refractivity contribution is 0.528. The summed E-state index contributed by atoms with van der Waals surface area (Å²) in [6.07, 6.45) is 4.35. The summed E-state index contributed by atoms with van der Waals surface area (Å²) in [7, 11) is 0. The van der Waals surface area contributed by atoms with Crippen molar-refractivity contribution >= 4 is 27.7 Å². The van der Waals surface area contributed by atoms with E-state index < -0.39 is 0 Å². The van der Waals surface area contributed by atoms with Gasteiger partial charge in [0, 0.05) is 34.9 Å². The van der Waals surface area contributed by atoms with Gasteiger partial charge in [0.15, 0.2) is 5.16 Å². The minimum absolute atomic E-state index is 0.503. The lowest BCUT2D eigenvalue weighted by Crippen LogP contribution is -2.03. The first kappa shape index (κ1) is 17.9. The zero-order valence-corrected chi connectivity index (χ0v) is 16.6. The number of benzene rings is 1. The van der Waals surface area contributed by atoms with Crippen molar-refractivity contribution in [2.75, 3.05) is 0 Å². The van der Waals surface area contributed by atoms with Gasteiger partial charge in [-0.3, -0.25) is 4.98 Å². The van der Waals surface area contributed by atoms with E-state index in [0.29, 0.717) is 17.5 Å². The van der Waals surface area contributed by atoms with E-state index in [1.165, 1.54) is 11.8 Å². The molecule has 4 rings (SSSR count). The van der Waals surface area contributed by atoms with Gasteiger partial charge in [-0.25, -0.2) is 0 Å². The Kier molecular flexibility index (Phi) is 5.59. The molecule has 0 bridgehead atoms. The second-order valence-corrected chi connectivity index (χ2v) is 7.54. The summed E-state index contributed by atoms with van der Waals surface area (Å²) < 4.78 is 8.73. The van der Waals surface area contributed by atoms with Gasteiger partial charge in [0.2, 0.25) is 11.8 Å². The average molecular weight is 443 g/mol. The molecule has 0 radical (unpaired) electrons. The molecule has 3 heterocycles. The quantitative estimate of drug-likeness (QED) is 0.399.